The second-order valence-electron chi connectivity index (χ2n) is 12.3. The monoisotopic (exact) mass is 678 g/mol. The van der Waals surface area contributed by atoms with Gasteiger partial charge in [-0.1, -0.05) is 121 Å². The van der Waals surface area contributed by atoms with Gasteiger partial charge >= 0.3 is 0 Å². The van der Waals surface area contributed by atoms with Gasteiger partial charge < -0.3 is 28.8 Å². The molecule has 0 aliphatic carbocycles. The van der Waals surface area contributed by atoms with Gasteiger partial charge in [0, 0.05) is 10.6 Å². The van der Waals surface area contributed by atoms with E-state index in [1.54, 1.807) is 12.1 Å². The fourth-order valence-electron chi connectivity index (χ4n) is 6.25. The number of halogens is 1. The van der Waals surface area contributed by atoms with Gasteiger partial charge in [0.05, 0.1) is 32.5 Å². The van der Waals surface area contributed by atoms with E-state index in [0.29, 0.717) is 36.8 Å². The van der Waals surface area contributed by atoms with Crippen molar-refractivity contribution in [2.75, 3.05) is 6.61 Å². The zero-order valence-electron chi connectivity index (χ0n) is 27.9. The fourth-order valence-corrected chi connectivity index (χ4v) is 6.43. The summed E-state index contributed by atoms with van der Waals surface area (Å²) in [5.74, 6) is -1.07. The van der Waals surface area contributed by atoms with Crippen LogP contribution in [0.5, 0.6) is 5.75 Å². The summed E-state index contributed by atoms with van der Waals surface area (Å²) in [6.07, 6.45) is -2.23. The number of hydrogen-bond acceptors (Lipinski definition) is 6. The van der Waals surface area contributed by atoms with Gasteiger partial charge in [0.15, 0.2) is 0 Å². The molecule has 1 fully saturated rings. The van der Waals surface area contributed by atoms with Gasteiger partial charge in [0.2, 0.25) is 5.79 Å². The lowest BCUT2D eigenvalue weighted by molar-refractivity contribution is -0.371. The van der Waals surface area contributed by atoms with Gasteiger partial charge in [-0.25, -0.2) is 0 Å². The van der Waals surface area contributed by atoms with Crippen LogP contribution >= 0.6 is 11.6 Å². The first-order chi connectivity index (χ1) is 23.9. The molecule has 1 unspecified atom stereocenters. The maximum atomic E-state index is 12.8. The Balaban J connectivity index is 1.35. The summed E-state index contributed by atoms with van der Waals surface area (Å²) in [4.78, 5) is 0. The van der Waals surface area contributed by atoms with Crippen LogP contribution in [0, 0.1) is 0 Å². The van der Waals surface area contributed by atoms with Crippen LogP contribution in [0.2, 0.25) is 5.02 Å². The van der Waals surface area contributed by atoms with Gasteiger partial charge in [-0.15, -0.1) is 0 Å². The quantitative estimate of drug-likeness (QED) is 0.127. The van der Waals surface area contributed by atoms with Gasteiger partial charge in [0.1, 0.15) is 24.1 Å². The SMILES string of the molecule is CCOc1ccc(Cc2cc([C@@]3(O)OC(C)[C@@H](OCc4ccccc4)[C@H](OCc4ccccc4)[C@H]3OCc3ccccc3)ccc2Cl)cc1. The molecule has 1 aliphatic heterocycles. The van der Waals surface area contributed by atoms with E-state index < -0.39 is 30.2 Å². The third-order valence-corrected chi connectivity index (χ3v) is 9.14. The zero-order chi connectivity index (χ0) is 34.1. The molecule has 0 aromatic heterocycles. The van der Waals surface area contributed by atoms with Gasteiger partial charge in [-0.05, 0) is 72.4 Å². The maximum absolute atomic E-state index is 12.8. The Morgan fingerprint density at radius 2 is 1.18 bits per heavy atom. The molecule has 6 rings (SSSR count). The van der Waals surface area contributed by atoms with Crippen molar-refractivity contribution in [3.05, 3.63) is 172 Å². The second kappa shape index (κ2) is 16.6. The van der Waals surface area contributed by atoms with E-state index >= 15 is 0 Å². The molecule has 1 aliphatic rings. The van der Waals surface area contributed by atoms with E-state index in [2.05, 4.69) is 0 Å². The highest BCUT2D eigenvalue weighted by Crippen LogP contribution is 2.42. The lowest BCUT2D eigenvalue weighted by atomic mass is 9.86. The molecule has 1 saturated heterocycles. The first-order valence-corrected chi connectivity index (χ1v) is 17.2. The molecule has 5 aromatic rings. The Kier molecular flexibility index (Phi) is 11.8. The predicted molar refractivity (Wildman–Crippen MR) is 191 cm³/mol. The topological polar surface area (TPSA) is 66.4 Å². The number of ether oxygens (including phenoxy) is 5. The Hall–Kier alpha value is -4.01. The molecule has 254 valence electrons. The highest BCUT2D eigenvalue weighted by atomic mass is 35.5. The Bertz CT molecular complexity index is 1730. The summed E-state index contributed by atoms with van der Waals surface area (Å²) in [6.45, 7) is 5.35. The van der Waals surface area contributed by atoms with Crippen LogP contribution in [0.1, 0.15) is 47.2 Å². The van der Waals surface area contributed by atoms with Crippen LogP contribution in [-0.2, 0) is 51.0 Å². The minimum Gasteiger partial charge on any atom is -0.494 e. The molecule has 0 spiro atoms. The van der Waals surface area contributed by atoms with Crippen LogP contribution in [0.15, 0.2) is 133 Å². The highest BCUT2D eigenvalue weighted by molar-refractivity contribution is 6.31. The first-order valence-electron chi connectivity index (χ1n) is 16.8. The average molecular weight is 679 g/mol. The van der Waals surface area contributed by atoms with Gasteiger partial charge in [0.25, 0.3) is 0 Å². The Labute approximate surface area is 294 Å². The molecule has 5 aromatic carbocycles. The van der Waals surface area contributed by atoms with Gasteiger partial charge in [-0.2, -0.15) is 0 Å². The zero-order valence-corrected chi connectivity index (χ0v) is 28.7. The van der Waals surface area contributed by atoms with E-state index in [1.165, 1.54) is 0 Å². The average Bonchev–Trinajstić information content (AvgIpc) is 3.13. The smallest absolute Gasteiger partial charge is 0.222 e. The summed E-state index contributed by atoms with van der Waals surface area (Å²) in [5, 5.41) is 13.3. The lowest BCUT2D eigenvalue weighted by Crippen LogP contribution is -2.64. The van der Waals surface area contributed by atoms with E-state index in [9.17, 15) is 5.11 Å². The third-order valence-electron chi connectivity index (χ3n) is 8.77. The van der Waals surface area contributed by atoms with Crippen molar-refractivity contribution in [2.24, 2.45) is 0 Å². The number of hydrogen-bond donors (Lipinski definition) is 1. The van der Waals surface area contributed by atoms with Crippen LogP contribution in [-0.4, -0.2) is 36.1 Å². The Morgan fingerprint density at radius 3 is 1.73 bits per heavy atom. The molecular formula is C42H43ClO6. The standard InChI is InChI=1S/C42H43ClO6/c1-3-45-37-22-19-31(20-23-37)25-35-26-36(21-24-38(35)43)42(44)41(48-29-34-17-11-6-12-18-34)40(47-28-33-15-9-5-10-16-33)39(30(2)49-42)46-27-32-13-7-4-8-14-32/h4-24,26,30,39-41,44H,3,25,27-29H2,1-2H3/t30?,39-,40+,41-,42-/m1/s1. The summed E-state index contributed by atoms with van der Waals surface area (Å²) in [6, 6.07) is 43.3. The van der Waals surface area contributed by atoms with E-state index in [1.807, 2.05) is 135 Å². The van der Waals surface area contributed by atoms with Crippen LogP contribution in [0.25, 0.3) is 0 Å². The Morgan fingerprint density at radius 1 is 0.653 bits per heavy atom. The normalized spacial score (nSPS) is 22.1. The molecule has 1 heterocycles. The summed E-state index contributed by atoms with van der Waals surface area (Å²) >= 11 is 6.76. The van der Waals surface area contributed by atoms with Crippen molar-refractivity contribution in [3.63, 3.8) is 0 Å². The highest BCUT2D eigenvalue weighted by Gasteiger charge is 2.56. The molecular weight excluding hydrogens is 636 g/mol. The van der Waals surface area contributed by atoms with E-state index in [-0.39, 0.29) is 6.61 Å². The molecule has 49 heavy (non-hydrogen) atoms. The number of benzene rings is 5. The van der Waals surface area contributed by atoms with Crippen molar-refractivity contribution < 1.29 is 28.8 Å². The third kappa shape index (κ3) is 8.78. The predicted octanol–water partition coefficient (Wildman–Crippen LogP) is 8.65. The van der Waals surface area contributed by atoms with Crippen molar-refractivity contribution in [2.45, 2.75) is 70.3 Å². The molecule has 1 N–H and O–H groups in total. The van der Waals surface area contributed by atoms with Crippen molar-refractivity contribution in [3.8, 4) is 5.75 Å². The summed E-state index contributed by atoms with van der Waals surface area (Å²) < 4.78 is 32.2. The fraction of sp³-hybridized carbons (Fsp3) is 0.286. The minimum absolute atomic E-state index is 0.231. The lowest BCUT2D eigenvalue weighted by Gasteiger charge is -2.50. The minimum atomic E-state index is -1.89. The molecule has 0 saturated carbocycles. The van der Waals surface area contributed by atoms with Crippen LogP contribution in [0.4, 0.5) is 0 Å². The van der Waals surface area contributed by atoms with Crippen molar-refractivity contribution >= 4 is 11.6 Å². The number of rotatable bonds is 14. The van der Waals surface area contributed by atoms with E-state index in [4.69, 9.17) is 35.3 Å². The largest absolute Gasteiger partial charge is 0.494 e. The molecule has 0 bridgehead atoms. The number of aliphatic hydroxyl groups is 1. The summed E-state index contributed by atoms with van der Waals surface area (Å²) in [5.41, 5.74) is 5.41. The molecule has 5 atom stereocenters. The van der Waals surface area contributed by atoms with Crippen LogP contribution < -0.4 is 4.74 Å². The summed E-state index contributed by atoms with van der Waals surface area (Å²) in [7, 11) is 0. The molecule has 6 nitrogen and oxygen atoms in total. The van der Waals surface area contributed by atoms with Crippen molar-refractivity contribution in [1.29, 1.82) is 0 Å². The van der Waals surface area contributed by atoms with Crippen LogP contribution in [0.3, 0.4) is 0 Å². The molecule has 7 heteroatoms. The van der Waals surface area contributed by atoms with Gasteiger partial charge in [-0.3, -0.25) is 0 Å². The second-order valence-corrected chi connectivity index (χ2v) is 12.7. The molecule has 0 amide bonds. The molecule has 0 radical (unpaired) electrons. The first kappa shape index (κ1) is 34.8. The van der Waals surface area contributed by atoms with E-state index in [0.717, 1.165) is 33.6 Å². The van der Waals surface area contributed by atoms with Crippen molar-refractivity contribution in [1.82, 2.24) is 0 Å². The maximum Gasteiger partial charge on any atom is 0.222 e.